The third kappa shape index (κ3) is 3.71. The highest BCUT2D eigenvalue weighted by Crippen LogP contribution is 2.16. The summed E-state index contributed by atoms with van der Waals surface area (Å²) < 4.78 is 5.56. The molecule has 0 bridgehead atoms. The molecule has 0 unspecified atom stereocenters. The van der Waals surface area contributed by atoms with Crippen molar-refractivity contribution in [2.75, 3.05) is 0 Å². The van der Waals surface area contributed by atoms with Gasteiger partial charge in [0.25, 0.3) is 5.91 Å². The van der Waals surface area contributed by atoms with Crippen LogP contribution in [0, 0.1) is 0 Å². The molecule has 5 heteroatoms. The third-order valence-electron chi connectivity index (χ3n) is 2.51. The zero-order valence-electron chi connectivity index (χ0n) is 9.97. The second-order valence-corrected chi connectivity index (χ2v) is 4.32. The van der Waals surface area contributed by atoms with E-state index in [-0.39, 0.29) is 0 Å². The van der Waals surface area contributed by atoms with Crippen molar-refractivity contribution in [3.05, 3.63) is 64.7 Å². The first-order valence-corrected chi connectivity index (χ1v) is 5.98. The maximum Gasteiger partial charge on any atom is 0.274 e. The van der Waals surface area contributed by atoms with E-state index in [0.717, 1.165) is 5.56 Å². The van der Waals surface area contributed by atoms with Gasteiger partial charge in [-0.05, 0) is 42.0 Å². The van der Waals surface area contributed by atoms with Gasteiger partial charge in [0.2, 0.25) is 0 Å². The van der Waals surface area contributed by atoms with Crippen LogP contribution in [0.15, 0.2) is 48.5 Å². The second kappa shape index (κ2) is 6.22. The Morgan fingerprint density at radius 1 is 1.21 bits per heavy atom. The molecule has 2 aromatic rings. The molecule has 0 aliphatic carbocycles. The van der Waals surface area contributed by atoms with Gasteiger partial charge in [-0.2, -0.15) is 0 Å². The highest BCUT2D eigenvalue weighted by molar-refractivity contribution is 6.30. The van der Waals surface area contributed by atoms with Crippen LogP contribution in [0.1, 0.15) is 15.9 Å². The number of hydrogen-bond donors (Lipinski definition) is 2. The monoisotopic (exact) mass is 277 g/mol. The van der Waals surface area contributed by atoms with Crippen molar-refractivity contribution in [3.8, 4) is 5.75 Å². The quantitative estimate of drug-likeness (QED) is 0.667. The van der Waals surface area contributed by atoms with E-state index in [9.17, 15) is 4.79 Å². The molecule has 0 radical (unpaired) electrons. The Labute approximate surface area is 115 Å². The Bertz CT molecular complexity index is 569. The normalized spacial score (nSPS) is 10.0. The van der Waals surface area contributed by atoms with Gasteiger partial charge in [-0.3, -0.25) is 10.0 Å². The van der Waals surface area contributed by atoms with Crippen LogP contribution in [0.5, 0.6) is 5.75 Å². The first-order valence-electron chi connectivity index (χ1n) is 5.61. The van der Waals surface area contributed by atoms with Gasteiger partial charge in [0.1, 0.15) is 12.4 Å². The summed E-state index contributed by atoms with van der Waals surface area (Å²) in [5.41, 5.74) is 2.89. The van der Waals surface area contributed by atoms with E-state index in [1.807, 2.05) is 18.2 Å². The van der Waals surface area contributed by atoms with Gasteiger partial charge in [-0.15, -0.1) is 0 Å². The molecule has 98 valence electrons. The van der Waals surface area contributed by atoms with Crippen LogP contribution in [-0.2, 0) is 6.61 Å². The topological polar surface area (TPSA) is 58.6 Å². The lowest BCUT2D eigenvalue weighted by molar-refractivity contribution is 0.0706. The molecule has 2 rings (SSSR count). The van der Waals surface area contributed by atoms with Crippen LogP contribution >= 0.6 is 11.6 Å². The van der Waals surface area contributed by atoms with Crippen molar-refractivity contribution < 1.29 is 14.7 Å². The van der Waals surface area contributed by atoms with Crippen LogP contribution in [0.3, 0.4) is 0 Å². The fourth-order valence-electron chi connectivity index (χ4n) is 1.56. The summed E-state index contributed by atoms with van der Waals surface area (Å²) in [5.74, 6) is 0.0795. The van der Waals surface area contributed by atoms with E-state index in [0.29, 0.717) is 22.9 Å². The Morgan fingerprint density at radius 2 is 1.95 bits per heavy atom. The smallest absolute Gasteiger partial charge is 0.274 e. The molecule has 2 N–H and O–H groups in total. The molecular formula is C14H12ClNO3. The molecule has 4 nitrogen and oxygen atoms in total. The number of hydrogen-bond acceptors (Lipinski definition) is 3. The largest absolute Gasteiger partial charge is 0.489 e. The first-order chi connectivity index (χ1) is 9.19. The van der Waals surface area contributed by atoms with Crippen molar-refractivity contribution >= 4 is 17.5 Å². The van der Waals surface area contributed by atoms with Crippen LogP contribution in [0.25, 0.3) is 0 Å². The highest BCUT2D eigenvalue weighted by atomic mass is 35.5. The third-order valence-corrected chi connectivity index (χ3v) is 2.75. The lowest BCUT2D eigenvalue weighted by atomic mass is 10.2. The van der Waals surface area contributed by atoms with E-state index in [2.05, 4.69) is 0 Å². The number of carbonyl (C=O) groups excluding carboxylic acids is 1. The molecular weight excluding hydrogens is 266 g/mol. The van der Waals surface area contributed by atoms with Gasteiger partial charge in [0.05, 0.1) is 0 Å². The average Bonchev–Trinajstić information content (AvgIpc) is 2.45. The lowest BCUT2D eigenvalue weighted by Gasteiger charge is -2.07. The lowest BCUT2D eigenvalue weighted by Crippen LogP contribution is -2.18. The standard InChI is InChI=1S/C14H12ClNO3/c15-12-3-1-2-10(8-12)9-19-13-6-4-11(5-7-13)14(17)16-18/h1-8,18H,9H2,(H,16,17). The van der Waals surface area contributed by atoms with Crippen LogP contribution in [0.4, 0.5) is 0 Å². The van der Waals surface area contributed by atoms with Crippen LogP contribution < -0.4 is 10.2 Å². The summed E-state index contributed by atoms with van der Waals surface area (Å²) in [5, 5.41) is 9.16. The summed E-state index contributed by atoms with van der Waals surface area (Å²) in [6.45, 7) is 0.395. The van der Waals surface area contributed by atoms with Crippen molar-refractivity contribution in [1.82, 2.24) is 5.48 Å². The minimum atomic E-state index is -0.554. The number of benzene rings is 2. The summed E-state index contributed by atoms with van der Waals surface area (Å²) in [6, 6.07) is 13.9. The Hall–Kier alpha value is -2.04. The first kappa shape index (κ1) is 13.4. The molecule has 0 aromatic heterocycles. The van der Waals surface area contributed by atoms with Crippen LogP contribution in [-0.4, -0.2) is 11.1 Å². The molecule has 1 amide bonds. The Balaban J connectivity index is 1.98. The second-order valence-electron chi connectivity index (χ2n) is 3.88. The molecule has 0 aliphatic rings. The van der Waals surface area contributed by atoms with Crippen molar-refractivity contribution in [3.63, 3.8) is 0 Å². The van der Waals surface area contributed by atoms with E-state index in [1.165, 1.54) is 0 Å². The molecule has 0 spiro atoms. The molecule has 0 saturated carbocycles. The summed E-state index contributed by atoms with van der Waals surface area (Å²) in [4.78, 5) is 11.1. The summed E-state index contributed by atoms with van der Waals surface area (Å²) >= 11 is 5.87. The summed E-state index contributed by atoms with van der Waals surface area (Å²) in [6.07, 6.45) is 0. The molecule has 0 aliphatic heterocycles. The number of amides is 1. The SMILES string of the molecule is O=C(NO)c1ccc(OCc2cccc(Cl)c2)cc1. The molecule has 0 atom stereocenters. The summed E-state index contributed by atoms with van der Waals surface area (Å²) in [7, 11) is 0. The molecule has 0 fully saturated rings. The zero-order chi connectivity index (χ0) is 13.7. The number of halogens is 1. The van der Waals surface area contributed by atoms with Gasteiger partial charge in [-0.1, -0.05) is 23.7 Å². The number of nitrogens with one attached hydrogen (secondary N) is 1. The number of rotatable bonds is 4. The maximum atomic E-state index is 11.1. The number of carbonyl (C=O) groups is 1. The van der Waals surface area contributed by atoms with Gasteiger partial charge < -0.3 is 4.74 Å². The maximum absolute atomic E-state index is 11.1. The molecule has 19 heavy (non-hydrogen) atoms. The minimum Gasteiger partial charge on any atom is -0.489 e. The number of ether oxygens (including phenoxy) is 1. The van der Waals surface area contributed by atoms with E-state index < -0.39 is 5.91 Å². The van der Waals surface area contributed by atoms with Gasteiger partial charge in [0, 0.05) is 10.6 Å². The van der Waals surface area contributed by atoms with E-state index in [4.69, 9.17) is 21.5 Å². The van der Waals surface area contributed by atoms with E-state index in [1.54, 1.807) is 35.8 Å². The Morgan fingerprint density at radius 3 is 2.58 bits per heavy atom. The van der Waals surface area contributed by atoms with Gasteiger partial charge >= 0.3 is 0 Å². The fourth-order valence-corrected chi connectivity index (χ4v) is 1.77. The zero-order valence-corrected chi connectivity index (χ0v) is 10.7. The minimum absolute atomic E-state index is 0.359. The van der Waals surface area contributed by atoms with E-state index >= 15 is 0 Å². The predicted octanol–water partition coefficient (Wildman–Crippen LogP) is 3.04. The van der Waals surface area contributed by atoms with Crippen LogP contribution in [0.2, 0.25) is 5.02 Å². The van der Waals surface area contributed by atoms with Crippen molar-refractivity contribution in [1.29, 1.82) is 0 Å². The predicted molar refractivity (Wildman–Crippen MR) is 71.5 cm³/mol. The highest BCUT2D eigenvalue weighted by Gasteiger charge is 2.03. The molecule has 0 heterocycles. The van der Waals surface area contributed by atoms with Gasteiger partial charge in [-0.25, -0.2) is 5.48 Å². The number of hydroxylamine groups is 1. The fraction of sp³-hybridized carbons (Fsp3) is 0.0714. The van der Waals surface area contributed by atoms with Crippen molar-refractivity contribution in [2.24, 2.45) is 0 Å². The average molecular weight is 278 g/mol. The molecule has 0 saturated heterocycles. The van der Waals surface area contributed by atoms with Crippen molar-refractivity contribution in [2.45, 2.75) is 6.61 Å². The molecule has 2 aromatic carbocycles. The Kier molecular flexibility index (Phi) is 4.39. The van der Waals surface area contributed by atoms with Gasteiger partial charge in [0.15, 0.2) is 0 Å².